The van der Waals surface area contributed by atoms with Crippen molar-refractivity contribution >= 4 is 18.0 Å². The molecule has 1 aromatic heterocycles. The van der Waals surface area contributed by atoms with Crippen molar-refractivity contribution < 1.29 is 19.1 Å². The molecule has 1 aliphatic carbocycles. The van der Waals surface area contributed by atoms with Gasteiger partial charge in [-0.2, -0.15) is 0 Å². The standard InChI is InChI=1S/C14H17NO4/c16-13(10-5-2-1-3-6-10)15-12(14(17)18)9-11-7-4-8-19-11/h4,7-10H,1-3,5-6H2,(H,15,16)(H,17,18)/b12-9-. The van der Waals surface area contributed by atoms with Crippen LogP contribution in [0.25, 0.3) is 6.08 Å². The van der Waals surface area contributed by atoms with Crippen LogP contribution in [0.2, 0.25) is 0 Å². The Balaban J connectivity index is 2.04. The van der Waals surface area contributed by atoms with E-state index in [4.69, 9.17) is 9.52 Å². The number of rotatable bonds is 4. The highest BCUT2D eigenvalue weighted by atomic mass is 16.4. The van der Waals surface area contributed by atoms with Gasteiger partial charge in [0.2, 0.25) is 5.91 Å². The molecule has 1 fully saturated rings. The highest BCUT2D eigenvalue weighted by molar-refractivity contribution is 5.97. The predicted molar refractivity (Wildman–Crippen MR) is 69.0 cm³/mol. The van der Waals surface area contributed by atoms with Gasteiger partial charge in [0.05, 0.1) is 6.26 Å². The van der Waals surface area contributed by atoms with E-state index in [1.807, 2.05) is 0 Å². The van der Waals surface area contributed by atoms with Gasteiger partial charge in [-0.05, 0) is 25.0 Å². The summed E-state index contributed by atoms with van der Waals surface area (Å²) in [4.78, 5) is 23.1. The first-order chi connectivity index (χ1) is 9.16. The number of carbonyl (C=O) groups excluding carboxylic acids is 1. The van der Waals surface area contributed by atoms with Crippen molar-refractivity contribution in [2.45, 2.75) is 32.1 Å². The first kappa shape index (κ1) is 13.4. The summed E-state index contributed by atoms with van der Waals surface area (Å²) >= 11 is 0. The van der Waals surface area contributed by atoms with Gasteiger partial charge in [0, 0.05) is 12.0 Å². The molecule has 5 nitrogen and oxygen atoms in total. The lowest BCUT2D eigenvalue weighted by molar-refractivity contribution is -0.135. The Morgan fingerprint density at radius 3 is 2.63 bits per heavy atom. The molecule has 0 unspecified atom stereocenters. The molecule has 1 amide bonds. The normalized spacial score (nSPS) is 17.2. The number of furan rings is 1. The minimum atomic E-state index is -1.17. The van der Waals surface area contributed by atoms with Crippen LogP contribution in [-0.2, 0) is 9.59 Å². The maximum atomic E-state index is 12.0. The summed E-state index contributed by atoms with van der Waals surface area (Å²) in [6, 6.07) is 3.30. The minimum absolute atomic E-state index is 0.0758. The Morgan fingerprint density at radius 1 is 1.32 bits per heavy atom. The van der Waals surface area contributed by atoms with Crippen molar-refractivity contribution in [1.82, 2.24) is 5.32 Å². The van der Waals surface area contributed by atoms with E-state index >= 15 is 0 Å². The fourth-order valence-electron chi connectivity index (χ4n) is 2.27. The van der Waals surface area contributed by atoms with Gasteiger partial charge >= 0.3 is 5.97 Å². The van der Waals surface area contributed by atoms with Crippen LogP contribution in [0.15, 0.2) is 28.5 Å². The van der Waals surface area contributed by atoms with Crippen LogP contribution in [0.3, 0.4) is 0 Å². The first-order valence-electron chi connectivity index (χ1n) is 6.46. The van der Waals surface area contributed by atoms with Crippen molar-refractivity contribution in [1.29, 1.82) is 0 Å². The number of carboxylic acids is 1. The van der Waals surface area contributed by atoms with E-state index < -0.39 is 5.97 Å². The van der Waals surface area contributed by atoms with Gasteiger partial charge in [0.15, 0.2) is 0 Å². The van der Waals surface area contributed by atoms with E-state index in [1.165, 1.54) is 12.3 Å². The molecule has 0 aromatic carbocycles. The molecule has 102 valence electrons. The molecule has 1 aliphatic rings. The number of nitrogens with one attached hydrogen (secondary N) is 1. The molecule has 19 heavy (non-hydrogen) atoms. The number of carbonyl (C=O) groups is 2. The number of amides is 1. The first-order valence-corrected chi connectivity index (χ1v) is 6.46. The average Bonchev–Trinajstić information content (AvgIpc) is 2.91. The number of carboxylic acid groups (broad SMARTS) is 1. The molecule has 0 saturated heterocycles. The van der Waals surface area contributed by atoms with Crippen LogP contribution >= 0.6 is 0 Å². The highest BCUT2D eigenvalue weighted by Gasteiger charge is 2.23. The topological polar surface area (TPSA) is 79.5 Å². The van der Waals surface area contributed by atoms with Crippen LogP contribution in [0.4, 0.5) is 0 Å². The number of aliphatic carboxylic acids is 1. The molecule has 1 aromatic rings. The van der Waals surface area contributed by atoms with Gasteiger partial charge in [-0.15, -0.1) is 0 Å². The van der Waals surface area contributed by atoms with Gasteiger partial charge < -0.3 is 14.8 Å². The van der Waals surface area contributed by atoms with Gasteiger partial charge in [-0.1, -0.05) is 19.3 Å². The smallest absolute Gasteiger partial charge is 0.352 e. The summed E-state index contributed by atoms with van der Waals surface area (Å²) < 4.78 is 5.05. The van der Waals surface area contributed by atoms with Gasteiger partial charge in [0.25, 0.3) is 0 Å². The fourth-order valence-corrected chi connectivity index (χ4v) is 2.27. The minimum Gasteiger partial charge on any atom is -0.477 e. The summed E-state index contributed by atoms with van der Waals surface area (Å²) in [5.74, 6) is -1.05. The van der Waals surface area contributed by atoms with Gasteiger partial charge in [0.1, 0.15) is 11.5 Å². The van der Waals surface area contributed by atoms with E-state index in [-0.39, 0.29) is 17.5 Å². The predicted octanol–water partition coefficient (Wildman–Crippen LogP) is 2.40. The lowest BCUT2D eigenvalue weighted by Crippen LogP contribution is -2.33. The van der Waals surface area contributed by atoms with Crippen molar-refractivity contribution in [3.05, 3.63) is 29.9 Å². The van der Waals surface area contributed by atoms with E-state index in [1.54, 1.807) is 12.1 Å². The third-order valence-corrected chi connectivity index (χ3v) is 3.29. The lowest BCUT2D eigenvalue weighted by atomic mass is 9.88. The monoisotopic (exact) mass is 263 g/mol. The quantitative estimate of drug-likeness (QED) is 0.817. The summed E-state index contributed by atoms with van der Waals surface area (Å²) in [6.07, 6.45) is 7.65. The second-order valence-electron chi connectivity index (χ2n) is 4.70. The SMILES string of the molecule is O=C(O)/C(=C/c1ccco1)NC(=O)C1CCCCC1. The summed E-state index contributed by atoms with van der Waals surface area (Å²) in [6.45, 7) is 0. The van der Waals surface area contributed by atoms with Crippen LogP contribution in [0, 0.1) is 5.92 Å². The van der Waals surface area contributed by atoms with E-state index in [0.717, 1.165) is 32.1 Å². The Labute approximate surface area is 111 Å². The van der Waals surface area contributed by atoms with E-state index in [2.05, 4.69) is 5.32 Å². The van der Waals surface area contributed by atoms with E-state index in [0.29, 0.717) is 5.76 Å². The third-order valence-electron chi connectivity index (χ3n) is 3.29. The zero-order valence-corrected chi connectivity index (χ0v) is 10.6. The zero-order valence-electron chi connectivity index (χ0n) is 10.6. The molecule has 0 radical (unpaired) electrons. The largest absolute Gasteiger partial charge is 0.477 e. The molecule has 1 heterocycles. The second-order valence-corrected chi connectivity index (χ2v) is 4.70. The maximum absolute atomic E-state index is 12.0. The van der Waals surface area contributed by atoms with Crippen molar-refractivity contribution in [3.63, 3.8) is 0 Å². The fraction of sp³-hybridized carbons (Fsp3) is 0.429. The average molecular weight is 263 g/mol. The number of hydrogen-bond donors (Lipinski definition) is 2. The zero-order chi connectivity index (χ0) is 13.7. The van der Waals surface area contributed by atoms with Crippen LogP contribution in [-0.4, -0.2) is 17.0 Å². The molecule has 2 rings (SSSR count). The van der Waals surface area contributed by atoms with Crippen LogP contribution in [0.5, 0.6) is 0 Å². The molecule has 1 saturated carbocycles. The summed E-state index contributed by atoms with van der Waals surface area (Å²) in [5, 5.41) is 11.6. The van der Waals surface area contributed by atoms with Gasteiger partial charge in [-0.3, -0.25) is 4.79 Å². The lowest BCUT2D eigenvalue weighted by Gasteiger charge is -2.20. The molecular formula is C14H17NO4. The highest BCUT2D eigenvalue weighted by Crippen LogP contribution is 2.24. The third kappa shape index (κ3) is 3.71. The molecule has 2 N–H and O–H groups in total. The summed E-state index contributed by atoms with van der Waals surface area (Å²) in [7, 11) is 0. The van der Waals surface area contributed by atoms with Crippen molar-refractivity contribution in [3.8, 4) is 0 Å². The summed E-state index contributed by atoms with van der Waals surface area (Å²) in [5.41, 5.74) is -0.148. The molecule has 0 atom stereocenters. The number of hydrogen-bond acceptors (Lipinski definition) is 3. The van der Waals surface area contributed by atoms with Crippen molar-refractivity contribution in [2.24, 2.45) is 5.92 Å². The molecule has 5 heteroatoms. The van der Waals surface area contributed by atoms with E-state index in [9.17, 15) is 9.59 Å². The van der Waals surface area contributed by atoms with Gasteiger partial charge in [-0.25, -0.2) is 4.79 Å². The Hall–Kier alpha value is -2.04. The molecule has 0 aliphatic heterocycles. The van der Waals surface area contributed by atoms with Crippen molar-refractivity contribution in [2.75, 3.05) is 0 Å². The van der Waals surface area contributed by atoms with Crippen LogP contribution in [0.1, 0.15) is 37.9 Å². The Morgan fingerprint density at radius 2 is 2.05 bits per heavy atom. The Kier molecular flexibility index (Phi) is 4.39. The molecule has 0 spiro atoms. The molecule has 0 bridgehead atoms. The molecular weight excluding hydrogens is 246 g/mol. The second kappa shape index (κ2) is 6.22. The van der Waals surface area contributed by atoms with Crippen LogP contribution < -0.4 is 5.32 Å². The Bertz CT molecular complexity index is 470. The maximum Gasteiger partial charge on any atom is 0.352 e.